The Hall–Kier alpha value is -1.29. The number of nitrogens with two attached hydrogens (primary N) is 1. The number of fused-ring (bicyclic) bond motifs is 1. The highest BCUT2D eigenvalue weighted by atomic mass is 32.1. The van der Waals surface area contributed by atoms with Gasteiger partial charge in [-0.2, -0.15) is 0 Å². The van der Waals surface area contributed by atoms with Crippen molar-refractivity contribution in [2.75, 3.05) is 12.8 Å². The van der Waals surface area contributed by atoms with Gasteiger partial charge < -0.3 is 10.5 Å². The molecule has 0 aliphatic rings. The van der Waals surface area contributed by atoms with Gasteiger partial charge in [0.25, 0.3) is 0 Å². The van der Waals surface area contributed by atoms with Gasteiger partial charge in [-0.1, -0.05) is 20.8 Å². The third-order valence-electron chi connectivity index (χ3n) is 2.34. The van der Waals surface area contributed by atoms with Crippen LogP contribution in [-0.4, -0.2) is 12.1 Å². The first-order valence-electron chi connectivity index (χ1n) is 5.16. The summed E-state index contributed by atoms with van der Waals surface area (Å²) in [6.45, 7) is 6.46. The van der Waals surface area contributed by atoms with Crippen molar-refractivity contribution in [1.29, 1.82) is 0 Å². The average molecular weight is 236 g/mol. The first-order valence-corrected chi connectivity index (χ1v) is 5.98. The van der Waals surface area contributed by atoms with Gasteiger partial charge in [0.2, 0.25) is 0 Å². The highest BCUT2D eigenvalue weighted by Gasteiger charge is 2.20. The molecule has 0 fully saturated rings. The lowest BCUT2D eigenvalue weighted by atomic mass is 9.98. The number of aromatic nitrogens is 1. The molecule has 86 valence electrons. The number of benzene rings is 1. The smallest absolute Gasteiger partial charge is 0.148 e. The van der Waals surface area contributed by atoms with E-state index in [4.69, 9.17) is 10.5 Å². The Bertz CT molecular complexity index is 526. The van der Waals surface area contributed by atoms with E-state index in [0.717, 1.165) is 21.0 Å². The van der Waals surface area contributed by atoms with Crippen LogP contribution < -0.4 is 10.5 Å². The number of hydrogen-bond donors (Lipinski definition) is 1. The quantitative estimate of drug-likeness (QED) is 0.774. The van der Waals surface area contributed by atoms with Crippen molar-refractivity contribution < 1.29 is 4.74 Å². The minimum atomic E-state index is 0.0590. The summed E-state index contributed by atoms with van der Waals surface area (Å²) in [4.78, 5) is 4.63. The van der Waals surface area contributed by atoms with Gasteiger partial charge in [0.15, 0.2) is 0 Å². The fourth-order valence-electron chi connectivity index (χ4n) is 1.50. The van der Waals surface area contributed by atoms with Gasteiger partial charge in [-0.15, -0.1) is 11.3 Å². The van der Waals surface area contributed by atoms with Gasteiger partial charge in [-0.3, -0.25) is 0 Å². The second kappa shape index (κ2) is 3.63. The Morgan fingerprint density at radius 1 is 1.31 bits per heavy atom. The minimum absolute atomic E-state index is 0.0590. The number of nitrogens with zero attached hydrogens (tertiary/aromatic N) is 1. The summed E-state index contributed by atoms with van der Waals surface area (Å²) >= 11 is 1.68. The molecule has 0 saturated heterocycles. The molecule has 1 aromatic carbocycles. The Balaban J connectivity index is 2.70. The van der Waals surface area contributed by atoms with E-state index in [1.165, 1.54) is 0 Å². The van der Waals surface area contributed by atoms with Crippen LogP contribution in [0.3, 0.4) is 0 Å². The second-order valence-corrected chi connectivity index (χ2v) is 5.87. The van der Waals surface area contributed by atoms with Gasteiger partial charge in [0.05, 0.1) is 16.8 Å². The van der Waals surface area contributed by atoms with Crippen molar-refractivity contribution in [3.8, 4) is 5.75 Å². The lowest BCUT2D eigenvalue weighted by molar-refractivity contribution is 0.419. The van der Waals surface area contributed by atoms with Crippen LogP contribution in [0.2, 0.25) is 0 Å². The second-order valence-electron chi connectivity index (χ2n) is 4.84. The van der Waals surface area contributed by atoms with Crippen LogP contribution in [0.25, 0.3) is 10.2 Å². The first-order chi connectivity index (χ1) is 7.41. The monoisotopic (exact) mass is 236 g/mol. The Kier molecular flexibility index (Phi) is 2.54. The van der Waals surface area contributed by atoms with E-state index >= 15 is 0 Å². The summed E-state index contributed by atoms with van der Waals surface area (Å²) in [6.07, 6.45) is 0. The molecule has 3 nitrogen and oxygen atoms in total. The van der Waals surface area contributed by atoms with E-state index in [-0.39, 0.29) is 5.41 Å². The lowest BCUT2D eigenvalue weighted by Gasteiger charge is -2.13. The van der Waals surface area contributed by atoms with Crippen LogP contribution in [0.15, 0.2) is 12.1 Å². The third kappa shape index (κ3) is 1.85. The zero-order valence-electron chi connectivity index (χ0n) is 10.00. The molecule has 0 amide bonds. The molecule has 0 spiro atoms. The standard InChI is InChI=1S/C12H16N2OS/c1-12(2,3)11-14-10-8(15-4)5-7(13)6-9(10)16-11/h5-6H,13H2,1-4H3. The highest BCUT2D eigenvalue weighted by Crippen LogP contribution is 2.36. The number of rotatable bonds is 1. The maximum absolute atomic E-state index is 5.82. The summed E-state index contributed by atoms with van der Waals surface area (Å²) in [5.41, 5.74) is 7.50. The molecule has 2 N–H and O–H groups in total. The van der Waals surface area contributed by atoms with Crippen molar-refractivity contribution in [2.45, 2.75) is 26.2 Å². The van der Waals surface area contributed by atoms with E-state index in [1.54, 1.807) is 18.4 Å². The van der Waals surface area contributed by atoms with Crippen LogP contribution in [0.5, 0.6) is 5.75 Å². The SMILES string of the molecule is COc1cc(N)cc2sc(C(C)(C)C)nc12. The molecule has 4 heteroatoms. The van der Waals surface area contributed by atoms with E-state index in [2.05, 4.69) is 25.8 Å². The third-order valence-corrected chi connectivity index (χ3v) is 3.77. The number of methoxy groups -OCH3 is 1. The molecular weight excluding hydrogens is 220 g/mol. The summed E-state index contributed by atoms with van der Waals surface area (Å²) < 4.78 is 6.38. The van der Waals surface area contributed by atoms with Crippen molar-refractivity contribution >= 4 is 27.2 Å². The van der Waals surface area contributed by atoms with Crippen molar-refractivity contribution in [3.05, 3.63) is 17.1 Å². The summed E-state index contributed by atoms with van der Waals surface area (Å²) in [6, 6.07) is 3.76. The van der Waals surface area contributed by atoms with Gasteiger partial charge in [-0.05, 0) is 6.07 Å². The highest BCUT2D eigenvalue weighted by molar-refractivity contribution is 7.18. The molecule has 0 bridgehead atoms. The fourth-order valence-corrected chi connectivity index (χ4v) is 2.58. The molecular formula is C12H16N2OS. The van der Waals surface area contributed by atoms with Crippen LogP contribution in [-0.2, 0) is 5.41 Å². The van der Waals surface area contributed by atoms with Crippen molar-refractivity contribution in [1.82, 2.24) is 4.98 Å². The normalized spacial score (nSPS) is 12.0. The summed E-state index contributed by atoms with van der Waals surface area (Å²) in [7, 11) is 1.64. The van der Waals surface area contributed by atoms with Crippen LogP contribution in [0, 0.1) is 0 Å². The molecule has 16 heavy (non-hydrogen) atoms. The Morgan fingerprint density at radius 3 is 2.56 bits per heavy atom. The van der Waals surface area contributed by atoms with E-state index in [1.807, 2.05) is 12.1 Å². The zero-order valence-corrected chi connectivity index (χ0v) is 10.8. The van der Waals surface area contributed by atoms with Crippen LogP contribution in [0.4, 0.5) is 5.69 Å². The average Bonchev–Trinajstić information content (AvgIpc) is 2.59. The molecule has 0 aliphatic carbocycles. The minimum Gasteiger partial charge on any atom is -0.494 e. The largest absolute Gasteiger partial charge is 0.494 e. The zero-order chi connectivity index (χ0) is 11.9. The van der Waals surface area contributed by atoms with Gasteiger partial charge in [0.1, 0.15) is 11.3 Å². The van der Waals surface area contributed by atoms with E-state index in [0.29, 0.717) is 5.69 Å². The van der Waals surface area contributed by atoms with Crippen LogP contribution in [0.1, 0.15) is 25.8 Å². The number of nitrogen functional groups attached to an aromatic ring is 1. The number of hydrogen-bond acceptors (Lipinski definition) is 4. The Labute approximate surface area is 99.3 Å². The van der Waals surface area contributed by atoms with Crippen molar-refractivity contribution in [2.24, 2.45) is 0 Å². The molecule has 0 aliphatic heterocycles. The lowest BCUT2D eigenvalue weighted by Crippen LogP contribution is -2.09. The van der Waals surface area contributed by atoms with Gasteiger partial charge >= 0.3 is 0 Å². The number of anilines is 1. The maximum Gasteiger partial charge on any atom is 0.148 e. The summed E-state index contributed by atoms with van der Waals surface area (Å²) in [5.74, 6) is 0.752. The predicted octanol–water partition coefficient (Wildman–Crippen LogP) is 3.18. The van der Waals surface area contributed by atoms with E-state index < -0.39 is 0 Å². The number of thiazole rings is 1. The predicted molar refractivity (Wildman–Crippen MR) is 69.3 cm³/mol. The topological polar surface area (TPSA) is 48.1 Å². The van der Waals surface area contributed by atoms with E-state index in [9.17, 15) is 0 Å². The molecule has 0 atom stereocenters. The molecule has 0 radical (unpaired) electrons. The fraction of sp³-hybridized carbons (Fsp3) is 0.417. The maximum atomic E-state index is 5.82. The molecule has 0 unspecified atom stereocenters. The number of ether oxygens (including phenoxy) is 1. The van der Waals surface area contributed by atoms with Crippen LogP contribution >= 0.6 is 11.3 Å². The molecule has 1 heterocycles. The molecule has 0 saturated carbocycles. The van der Waals surface area contributed by atoms with Gasteiger partial charge in [-0.25, -0.2) is 4.98 Å². The summed E-state index contributed by atoms with van der Waals surface area (Å²) in [5, 5.41) is 1.10. The Morgan fingerprint density at radius 2 is 2.00 bits per heavy atom. The molecule has 2 aromatic rings. The molecule has 2 rings (SSSR count). The van der Waals surface area contributed by atoms with Gasteiger partial charge in [0, 0.05) is 17.2 Å². The molecule has 1 aromatic heterocycles. The first kappa shape index (κ1) is 11.2. The van der Waals surface area contributed by atoms with Crippen molar-refractivity contribution in [3.63, 3.8) is 0 Å².